The lowest BCUT2D eigenvalue weighted by Gasteiger charge is -2.07. The molecule has 1 heterocycles. The number of thiazole rings is 1. The monoisotopic (exact) mass is 277 g/mol. The number of carboxylic acid groups (broad SMARTS) is 1. The van der Waals surface area contributed by atoms with Crippen molar-refractivity contribution in [3.05, 3.63) is 45.9 Å². The number of carboxylic acids is 1. The van der Waals surface area contributed by atoms with Crippen LogP contribution >= 0.6 is 11.3 Å². The molecule has 5 heteroatoms. The standard InChI is InChI=1S/C14H15NO3S/c1-10-5-2-3-6-12(10)18-8-4-7-13-15-11(9-19-13)14(16)17/h2-3,5-6,9H,4,7-8H2,1H3,(H,16,17). The molecule has 1 aromatic carbocycles. The second-order valence-corrected chi connectivity index (χ2v) is 5.09. The zero-order chi connectivity index (χ0) is 13.7. The summed E-state index contributed by atoms with van der Waals surface area (Å²) in [5, 5.41) is 11.2. The van der Waals surface area contributed by atoms with Crippen LogP contribution in [0, 0.1) is 6.92 Å². The van der Waals surface area contributed by atoms with Crippen LogP contribution in [0.5, 0.6) is 5.75 Å². The number of aromatic carboxylic acids is 1. The molecule has 0 radical (unpaired) electrons. The number of aryl methyl sites for hydroxylation is 2. The van der Waals surface area contributed by atoms with Gasteiger partial charge in [-0.1, -0.05) is 18.2 Å². The number of hydrogen-bond donors (Lipinski definition) is 1. The van der Waals surface area contributed by atoms with Gasteiger partial charge in [-0.15, -0.1) is 11.3 Å². The Morgan fingerprint density at radius 3 is 2.89 bits per heavy atom. The lowest BCUT2D eigenvalue weighted by molar-refractivity contribution is 0.0691. The molecule has 1 aromatic heterocycles. The molecule has 0 atom stereocenters. The zero-order valence-corrected chi connectivity index (χ0v) is 11.4. The first-order chi connectivity index (χ1) is 9.16. The smallest absolute Gasteiger partial charge is 0.355 e. The van der Waals surface area contributed by atoms with Gasteiger partial charge in [-0.25, -0.2) is 9.78 Å². The Morgan fingerprint density at radius 1 is 1.42 bits per heavy atom. The van der Waals surface area contributed by atoms with Gasteiger partial charge in [0.2, 0.25) is 0 Å². The minimum Gasteiger partial charge on any atom is -0.493 e. The van der Waals surface area contributed by atoms with Crippen molar-refractivity contribution >= 4 is 17.3 Å². The third-order valence-electron chi connectivity index (χ3n) is 2.66. The van der Waals surface area contributed by atoms with Gasteiger partial charge in [0, 0.05) is 11.8 Å². The SMILES string of the molecule is Cc1ccccc1OCCCc1nc(C(=O)O)cs1. The number of hydrogen-bond acceptors (Lipinski definition) is 4. The maximum atomic E-state index is 10.7. The van der Waals surface area contributed by atoms with Crippen molar-refractivity contribution in [3.63, 3.8) is 0 Å². The number of para-hydroxylation sites is 1. The van der Waals surface area contributed by atoms with Crippen LogP contribution in [-0.2, 0) is 6.42 Å². The first-order valence-corrected chi connectivity index (χ1v) is 6.91. The molecule has 2 rings (SSSR count). The third-order valence-corrected chi connectivity index (χ3v) is 3.57. The summed E-state index contributed by atoms with van der Waals surface area (Å²) in [6.07, 6.45) is 1.56. The normalized spacial score (nSPS) is 10.4. The van der Waals surface area contributed by atoms with Gasteiger partial charge < -0.3 is 9.84 Å². The maximum Gasteiger partial charge on any atom is 0.355 e. The quantitative estimate of drug-likeness (QED) is 0.824. The molecular formula is C14H15NO3S. The van der Waals surface area contributed by atoms with Crippen LogP contribution in [0.15, 0.2) is 29.6 Å². The second kappa shape index (κ2) is 6.33. The summed E-state index contributed by atoms with van der Waals surface area (Å²) in [6.45, 7) is 2.61. The number of carbonyl (C=O) groups is 1. The minimum absolute atomic E-state index is 0.125. The van der Waals surface area contributed by atoms with Crippen LogP contribution in [-0.4, -0.2) is 22.7 Å². The molecule has 0 fully saturated rings. The third kappa shape index (κ3) is 3.79. The topological polar surface area (TPSA) is 59.4 Å². The molecule has 0 bridgehead atoms. The van der Waals surface area contributed by atoms with E-state index >= 15 is 0 Å². The molecule has 2 aromatic rings. The summed E-state index contributed by atoms with van der Waals surface area (Å²) in [4.78, 5) is 14.7. The van der Waals surface area contributed by atoms with E-state index in [-0.39, 0.29) is 5.69 Å². The van der Waals surface area contributed by atoms with Crippen LogP contribution in [0.4, 0.5) is 0 Å². The number of ether oxygens (including phenoxy) is 1. The van der Waals surface area contributed by atoms with Gasteiger partial charge >= 0.3 is 5.97 Å². The molecule has 0 aliphatic carbocycles. The summed E-state index contributed by atoms with van der Waals surface area (Å²) in [7, 11) is 0. The van der Waals surface area contributed by atoms with Crippen molar-refractivity contribution in [2.45, 2.75) is 19.8 Å². The molecule has 100 valence electrons. The van der Waals surface area contributed by atoms with E-state index in [9.17, 15) is 4.79 Å². The molecular weight excluding hydrogens is 262 g/mol. The maximum absolute atomic E-state index is 10.7. The summed E-state index contributed by atoms with van der Waals surface area (Å²) < 4.78 is 5.67. The summed E-state index contributed by atoms with van der Waals surface area (Å²) in [5.74, 6) is -0.0773. The van der Waals surface area contributed by atoms with Crippen molar-refractivity contribution in [1.29, 1.82) is 0 Å². The molecule has 4 nitrogen and oxygen atoms in total. The van der Waals surface area contributed by atoms with Gasteiger partial charge in [0.1, 0.15) is 5.75 Å². The molecule has 0 saturated carbocycles. The summed E-state index contributed by atoms with van der Waals surface area (Å²) in [5.41, 5.74) is 1.24. The van der Waals surface area contributed by atoms with E-state index in [0.29, 0.717) is 6.61 Å². The highest BCUT2D eigenvalue weighted by Crippen LogP contribution is 2.17. The molecule has 0 aliphatic heterocycles. The van der Waals surface area contributed by atoms with Crippen LogP contribution in [0.1, 0.15) is 27.5 Å². The first kappa shape index (κ1) is 13.5. The largest absolute Gasteiger partial charge is 0.493 e. The second-order valence-electron chi connectivity index (χ2n) is 4.15. The average Bonchev–Trinajstić information content (AvgIpc) is 2.85. The van der Waals surface area contributed by atoms with E-state index < -0.39 is 5.97 Å². The Bertz CT molecular complexity index is 565. The molecule has 0 amide bonds. The van der Waals surface area contributed by atoms with Crippen molar-refractivity contribution in [2.75, 3.05) is 6.61 Å². The van der Waals surface area contributed by atoms with Gasteiger partial charge in [-0.05, 0) is 25.0 Å². The first-order valence-electron chi connectivity index (χ1n) is 6.03. The zero-order valence-electron chi connectivity index (χ0n) is 10.6. The van der Waals surface area contributed by atoms with Crippen molar-refractivity contribution in [2.24, 2.45) is 0 Å². The highest BCUT2D eigenvalue weighted by Gasteiger charge is 2.08. The van der Waals surface area contributed by atoms with Gasteiger partial charge in [-0.2, -0.15) is 0 Å². The van der Waals surface area contributed by atoms with E-state index in [2.05, 4.69) is 4.98 Å². The number of aromatic nitrogens is 1. The van der Waals surface area contributed by atoms with E-state index in [4.69, 9.17) is 9.84 Å². The van der Waals surface area contributed by atoms with Gasteiger partial charge in [0.15, 0.2) is 5.69 Å². The Balaban J connectivity index is 1.77. The van der Waals surface area contributed by atoms with E-state index in [1.165, 1.54) is 11.3 Å². The Kier molecular flexibility index (Phi) is 4.52. The number of benzene rings is 1. The van der Waals surface area contributed by atoms with Crippen molar-refractivity contribution < 1.29 is 14.6 Å². The molecule has 0 unspecified atom stereocenters. The van der Waals surface area contributed by atoms with Gasteiger partial charge in [-0.3, -0.25) is 0 Å². The molecule has 0 saturated heterocycles. The van der Waals surface area contributed by atoms with E-state index in [1.807, 2.05) is 31.2 Å². The predicted molar refractivity (Wildman–Crippen MR) is 74.1 cm³/mol. The predicted octanol–water partition coefficient (Wildman–Crippen LogP) is 3.16. The van der Waals surface area contributed by atoms with Crippen LogP contribution < -0.4 is 4.74 Å². The van der Waals surface area contributed by atoms with E-state index in [1.54, 1.807) is 5.38 Å². The van der Waals surface area contributed by atoms with Gasteiger partial charge in [0.05, 0.1) is 11.6 Å². The Hall–Kier alpha value is -1.88. The fraction of sp³-hybridized carbons (Fsp3) is 0.286. The Morgan fingerprint density at radius 2 is 2.21 bits per heavy atom. The molecule has 0 spiro atoms. The minimum atomic E-state index is -0.973. The molecule has 1 N–H and O–H groups in total. The fourth-order valence-electron chi connectivity index (χ4n) is 1.65. The summed E-state index contributed by atoms with van der Waals surface area (Å²) >= 11 is 1.38. The fourth-order valence-corrected chi connectivity index (χ4v) is 2.46. The molecule has 19 heavy (non-hydrogen) atoms. The highest BCUT2D eigenvalue weighted by atomic mass is 32.1. The number of rotatable bonds is 6. The van der Waals surface area contributed by atoms with Crippen LogP contribution in [0.2, 0.25) is 0 Å². The van der Waals surface area contributed by atoms with Crippen molar-refractivity contribution in [3.8, 4) is 5.75 Å². The molecule has 0 aliphatic rings. The number of nitrogens with zero attached hydrogens (tertiary/aromatic N) is 1. The lowest BCUT2D eigenvalue weighted by atomic mass is 10.2. The Labute approximate surface area is 115 Å². The highest BCUT2D eigenvalue weighted by molar-refractivity contribution is 7.09. The van der Waals surface area contributed by atoms with Crippen molar-refractivity contribution in [1.82, 2.24) is 4.98 Å². The van der Waals surface area contributed by atoms with E-state index in [0.717, 1.165) is 29.2 Å². The van der Waals surface area contributed by atoms with Gasteiger partial charge in [0.25, 0.3) is 0 Å². The van der Waals surface area contributed by atoms with Crippen LogP contribution in [0.25, 0.3) is 0 Å². The lowest BCUT2D eigenvalue weighted by Crippen LogP contribution is -2.01. The summed E-state index contributed by atoms with van der Waals surface area (Å²) in [6, 6.07) is 7.88. The van der Waals surface area contributed by atoms with Crippen LogP contribution in [0.3, 0.4) is 0 Å². The average molecular weight is 277 g/mol.